The van der Waals surface area contributed by atoms with E-state index in [1.807, 2.05) is 0 Å². The van der Waals surface area contributed by atoms with Crippen molar-refractivity contribution in [2.75, 3.05) is 14.1 Å². The molecule has 0 unspecified atom stereocenters. The number of aromatic nitrogens is 2. The maximum atomic E-state index is 12.6. The molecule has 7 nitrogen and oxygen atoms in total. The number of hydrogen-bond acceptors (Lipinski definition) is 5. The molecule has 22 heavy (non-hydrogen) atoms. The van der Waals surface area contributed by atoms with Crippen molar-refractivity contribution in [1.82, 2.24) is 14.3 Å². The Morgan fingerprint density at radius 3 is 2.64 bits per heavy atom. The van der Waals surface area contributed by atoms with Gasteiger partial charge >= 0.3 is 6.61 Å². The van der Waals surface area contributed by atoms with Crippen molar-refractivity contribution in [3.8, 4) is 11.8 Å². The number of rotatable bonds is 4. The lowest BCUT2D eigenvalue weighted by Crippen LogP contribution is -2.24. The number of sulfonamides is 1. The predicted octanol–water partition coefficient (Wildman–Crippen LogP) is 2.05. The summed E-state index contributed by atoms with van der Waals surface area (Å²) in [5.74, 6) is -0.630. The molecule has 0 aliphatic carbocycles. The Kier molecular flexibility index (Phi) is 4.37. The molecular formula is C11H9BrF2N4O3S. The van der Waals surface area contributed by atoms with E-state index in [4.69, 9.17) is 5.26 Å². The highest BCUT2D eigenvalue weighted by molar-refractivity contribution is 9.10. The van der Waals surface area contributed by atoms with Gasteiger partial charge < -0.3 is 9.72 Å². The fraction of sp³-hybridized carbons (Fsp3) is 0.273. The molecule has 0 atom stereocenters. The zero-order valence-corrected chi connectivity index (χ0v) is 13.7. The maximum absolute atomic E-state index is 12.6. The first-order valence-electron chi connectivity index (χ1n) is 5.68. The zero-order chi connectivity index (χ0) is 16.7. The van der Waals surface area contributed by atoms with Crippen molar-refractivity contribution in [2.24, 2.45) is 0 Å². The first kappa shape index (κ1) is 16.6. The van der Waals surface area contributed by atoms with E-state index in [9.17, 15) is 17.2 Å². The molecule has 2 aromatic rings. The number of nitriles is 1. The fourth-order valence-electron chi connectivity index (χ4n) is 1.73. The number of imidazole rings is 1. The van der Waals surface area contributed by atoms with Crippen LogP contribution >= 0.6 is 15.9 Å². The van der Waals surface area contributed by atoms with Crippen LogP contribution in [0.2, 0.25) is 0 Å². The van der Waals surface area contributed by atoms with Gasteiger partial charge in [-0.2, -0.15) is 14.0 Å². The first-order valence-corrected chi connectivity index (χ1v) is 7.91. The number of H-pyrrole nitrogens is 1. The summed E-state index contributed by atoms with van der Waals surface area (Å²) in [5, 5.41) is 8.82. The molecule has 0 aliphatic heterocycles. The molecule has 1 N–H and O–H groups in total. The summed E-state index contributed by atoms with van der Waals surface area (Å²) in [5.41, 5.74) is 0.315. The SMILES string of the molecule is CN(C)S(=O)(=O)c1c(OC(F)F)cc2[nH]c(C#N)nc2c1Br. The molecule has 1 aromatic carbocycles. The lowest BCUT2D eigenvalue weighted by Gasteiger charge is -2.17. The average Bonchev–Trinajstić information content (AvgIpc) is 2.81. The summed E-state index contributed by atoms with van der Waals surface area (Å²) in [4.78, 5) is 5.98. The summed E-state index contributed by atoms with van der Waals surface area (Å²) in [6.45, 7) is -3.21. The summed E-state index contributed by atoms with van der Waals surface area (Å²) < 4.78 is 54.9. The van der Waals surface area contributed by atoms with Gasteiger partial charge in [0.25, 0.3) is 0 Å². The molecule has 118 valence electrons. The lowest BCUT2D eigenvalue weighted by atomic mass is 10.3. The molecule has 0 radical (unpaired) electrons. The van der Waals surface area contributed by atoms with Crippen molar-refractivity contribution in [1.29, 1.82) is 5.26 Å². The second-order valence-corrected chi connectivity index (χ2v) is 7.16. The standard InChI is InChI=1S/C11H9BrF2N4O3S/c1-18(2)22(19,20)10-6(21-11(13)14)3-5-9(8(10)12)17-7(4-15)16-5/h3,11H,1-2H3,(H,16,17). The summed E-state index contributed by atoms with van der Waals surface area (Å²) >= 11 is 3.05. The molecular weight excluding hydrogens is 386 g/mol. The number of nitrogens with one attached hydrogen (secondary N) is 1. The summed E-state index contributed by atoms with van der Waals surface area (Å²) in [6.07, 6.45) is 0. The Balaban J connectivity index is 2.87. The maximum Gasteiger partial charge on any atom is 0.387 e. The number of halogens is 3. The third-order valence-electron chi connectivity index (χ3n) is 2.70. The van der Waals surface area contributed by atoms with Crippen LogP contribution in [0.15, 0.2) is 15.4 Å². The number of fused-ring (bicyclic) bond motifs is 1. The first-order chi connectivity index (χ1) is 10.2. The van der Waals surface area contributed by atoms with Gasteiger partial charge in [0, 0.05) is 20.2 Å². The van der Waals surface area contributed by atoms with Crippen LogP contribution in [-0.2, 0) is 10.0 Å². The highest BCUT2D eigenvalue weighted by atomic mass is 79.9. The van der Waals surface area contributed by atoms with E-state index in [-0.39, 0.29) is 21.3 Å². The van der Waals surface area contributed by atoms with E-state index in [1.165, 1.54) is 14.1 Å². The largest absolute Gasteiger partial charge is 0.433 e. The van der Waals surface area contributed by atoms with Crippen LogP contribution in [0.1, 0.15) is 5.82 Å². The van der Waals surface area contributed by atoms with Gasteiger partial charge in [-0.15, -0.1) is 0 Å². The van der Waals surface area contributed by atoms with Crippen LogP contribution in [0.4, 0.5) is 8.78 Å². The Bertz CT molecular complexity index is 874. The number of nitrogens with zero attached hydrogens (tertiary/aromatic N) is 3. The van der Waals surface area contributed by atoms with Crippen molar-refractivity contribution in [2.45, 2.75) is 11.5 Å². The Morgan fingerprint density at radius 2 is 2.14 bits per heavy atom. The van der Waals surface area contributed by atoms with Gasteiger partial charge in [0.2, 0.25) is 15.8 Å². The van der Waals surface area contributed by atoms with Crippen molar-refractivity contribution < 1.29 is 21.9 Å². The van der Waals surface area contributed by atoms with E-state index < -0.39 is 27.3 Å². The van der Waals surface area contributed by atoms with Crippen LogP contribution in [-0.4, -0.2) is 43.4 Å². The normalized spacial score (nSPS) is 12.1. The van der Waals surface area contributed by atoms with Crippen molar-refractivity contribution in [3.05, 3.63) is 16.4 Å². The van der Waals surface area contributed by atoms with Gasteiger partial charge in [-0.25, -0.2) is 17.7 Å². The quantitative estimate of drug-likeness (QED) is 0.855. The third-order valence-corrected chi connectivity index (χ3v) is 5.62. The molecule has 0 saturated heterocycles. The van der Waals surface area contributed by atoms with Crippen LogP contribution in [0.5, 0.6) is 5.75 Å². The number of ether oxygens (including phenoxy) is 1. The number of alkyl halides is 2. The zero-order valence-electron chi connectivity index (χ0n) is 11.3. The molecule has 0 saturated carbocycles. The minimum absolute atomic E-state index is 0.0629. The molecule has 2 rings (SSSR count). The van der Waals surface area contributed by atoms with E-state index in [1.54, 1.807) is 6.07 Å². The lowest BCUT2D eigenvalue weighted by molar-refractivity contribution is -0.0517. The minimum Gasteiger partial charge on any atom is -0.433 e. The molecule has 0 fully saturated rings. The van der Waals surface area contributed by atoms with E-state index in [0.717, 1.165) is 10.4 Å². The number of hydrogen-bond donors (Lipinski definition) is 1. The molecule has 0 bridgehead atoms. The summed E-state index contributed by atoms with van der Waals surface area (Å²) in [6, 6.07) is 2.81. The van der Waals surface area contributed by atoms with Gasteiger partial charge in [-0.1, -0.05) is 0 Å². The van der Waals surface area contributed by atoms with Crippen LogP contribution < -0.4 is 4.74 Å². The van der Waals surface area contributed by atoms with Gasteiger partial charge in [-0.05, 0) is 15.9 Å². The molecule has 0 amide bonds. The van der Waals surface area contributed by atoms with Crippen molar-refractivity contribution in [3.63, 3.8) is 0 Å². The second kappa shape index (κ2) is 5.79. The third kappa shape index (κ3) is 2.77. The van der Waals surface area contributed by atoms with Gasteiger partial charge in [0.15, 0.2) is 0 Å². The van der Waals surface area contributed by atoms with Crippen molar-refractivity contribution >= 4 is 37.0 Å². The molecule has 1 aromatic heterocycles. The van der Waals surface area contributed by atoms with Gasteiger partial charge in [0.1, 0.15) is 22.2 Å². The highest BCUT2D eigenvalue weighted by Crippen LogP contribution is 2.39. The number of aromatic amines is 1. The van der Waals surface area contributed by atoms with Crippen LogP contribution in [0.3, 0.4) is 0 Å². The second-order valence-electron chi connectivity index (χ2n) is 4.28. The molecule has 11 heteroatoms. The Labute approximate surface area is 132 Å². The smallest absolute Gasteiger partial charge is 0.387 e. The Morgan fingerprint density at radius 1 is 1.50 bits per heavy atom. The monoisotopic (exact) mass is 394 g/mol. The topological polar surface area (TPSA) is 99.1 Å². The van der Waals surface area contributed by atoms with Crippen LogP contribution in [0, 0.1) is 11.3 Å². The molecule has 0 aliphatic rings. The van der Waals surface area contributed by atoms with Gasteiger partial charge in [0.05, 0.1) is 9.99 Å². The fourth-order valence-corrected chi connectivity index (χ4v) is 3.89. The molecule has 1 heterocycles. The van der Waals surface area contributed by atoms with E-state index in [2.05, 4.69) is 30.6 Å². The minimum atomic E-state index is -4.08. The Hall–Kier alpha value is -1.77. The number of benzene rings is 1. The van der Waals surface area contributed by atoms with E-state index in [0.29, 0.717) is 0 Å². The van der Waals surface area contributed by atoms with Gasteiger partial charge in [-0.3, -0.25) is 0 Å². The molecule has 0 spiro atoms. The van der Waals surface area contributed by atoms with Crippen LogP contribution in [0.25, 0.3) is 11.0 Å². The predicted molar refractivity (Wildman–Crippen MR) is 76.0 cm³/mol. The average molecular weight is 395 g/mol. The summed E-state index contributed by atoms with van der Waals surface area (Å²) in [7, 11) is -1.57. The highest BCUT2D eigenvalue weighted by Gasteiger charge is 2.30. The van der Waals surface area contributed by atoms with E-state index >= 15 is 0 Å².